The lowest BCUT2D eigenvalue weighted by Crippen LogP contribution is -2.45. The average Bonchev–Trinajstić information content (AvgIpc) is 3.36. The summed E-state index contributed by atoms with van der Waals surface area (Å²) in [7, 11) is 0. The summed E-state index contributed by atoms with van der Waals surface area (Å²) in [6.45, 7) is 4.52. The summed E-state index contributed by atoms with van der Waals surface area (Å²) in [6.07, 6.45) is 2.95. The van der Waals surface area contributed by atoms with Crippen molar-refractivity contribution in [1.29, 1.82) is 0 Å². The number of aromatic carboxylic acids is 1. The molecule has 3 aromatic rings. The molecule has 0 bridgehead atoms. The lowest BCUT2D eigenvalue weighted by Gasteiger charge is -2.30. The molecule has 0 radical (unpaired) electrons. The number of halogens is 2. The second-order valence-electron chi connectivity index (χ2n) is 8.42. The van der Waals surface area contributed by atoms with Crippen LogP contribution in [0.4, 0.5) is 21.7 Å². The van der Waals surface area contributed by atoms with Crippen LogP contribution in [0.2, 0.25) is 5.02 Å². The molecule has 0 atom stereocenters. The molecule has 1 saturated heterocycles. The number of fused-ring (bicyclic) bond motifs is 1. The van der Waals surface area contributed by atoms with Crippen LogP contribution < -0.4 is 10.2 Å². The molecule has 1 aromatic carbocycles. The second kappa shape index (κ2) is 9.69. The smallest absolute Gasteiger partial charge is 0.352 e. The lowest BCUT2D eigenvalue weighted by molar-refractivity contribution is -0.113. The highest BCUT2D eigenvalue weighted by Crippen LogP contribution is 2.41. The molecule has 3 N–H and O–H groups in total. The molecular formula is C24H22ClFN6O4. The fraction of sp³-hybridized carbons (Fsp3) is 0.250. The number of carboxylic acids is 1. The molecule has 36 heavy (non-hydrogen) atoms. The molecule has 1 amide bonds. The Hall–Kier alpha value is -3.80. The molecular weight excluding hydrogens is 491 g/mol. The van der Waals surface area contributed by atoms with Crippen LogP contribution in [-0.2, 0) is 9.53 Å². The maximum absolute atomic E-state index is 13.7. The van der Waals surface area contributed by atoms with Gasteiger partial charge in [0.15, 0.2) is 0 Å². The first kappa shape index (κ1) is 23.9. The summed E-state index contributed by atoms with van der Waals surface area (Å²) < 4.78 is 19.1. The fourth-order valence-corrected chi connectivity index (χ4v) is 4.35. The number of amides is 1. The van der Waals surface area contributed by atoms with Gasteiger partial charge in [-0.25, -0.2) is 19.2 Å². The third-order valence-corrected chi connectivity index (χ3v) is 6.32. The van der Waals surface area contributed by atoms with Crippen molar-refractivity contribution >= 4 is 52.4 Å². The van der Waals surface area contributed by atoms with Crippen LogP contribution in [-0.4, -0.2) is 69.8 Å². The summed E-state index contributed by atoms with van der Waals surface area (Å²) in [4.78, 5) is 40.4. The predicted octanol–water partition coefficient (Wildman–Crippen LogP) is 3.52. The van der Waals surface area contributed by atoms with Crippen LogP contribution in [0.25, 0.3) is 11.6 Å². The quantitative estimate of drug-likeness (QED) is 0.429. The number of rotatable bonds is 6. The van der Waals surface area contributed by atoms with E-state index < -0.39 is 11.8 Å². The number of ether oxygens (including phenoxy) is 1. The number of aromatic nitrogens is 3. The highest BCUT2D eigenvalue weighted by molar-refractivity contribution is 6.36. The number of nitrogens with zero attached hydrogens (tertiary/aromatic N) is 4. The van der Waals surface area contributed by atoms with E-state index in [0.717, 1.165) is 0 Å². The Bertz CT molecular complexity index is 1380. The molecule has 0 unspecified atom stereocenters. The van der Waals surface area contributed by atoms with Crippen LogP contribution >= 0.6 is 11.6 Å². The van der Waals surface area contributed by atoms with E-state index in [-0.39, 0.29) is 22.2 Å². The van der Waals surface area contributed by atoms with Crippen molar-refractivity contribution in [3.05, 3.63) is 63.9 Å². The molecule has 0 aliphatic carbocycles. The molecule has 186 valence electrons. The Morgan fingerprint density at radius 1 is 1.31 bits per heavy atom. The van der Waals surface area contributed by atoms with Crippen LogP contribution in [0.3, 0.4) is 0 Å². The van der Waals surface area contributed by atoms with E-state index in [2.05, 4.69) is 25.2 Å². The largest absolute Gasteiger partial charge is 0.477 e. The zero-order valence-corrected chi connectivity index (χ0v) is 20.0. The summed E-state index contributed by atoms with van der Waals surface area (Å²) in [5, 5.41) is 12.4. The number of morpholine rings is 1. The average molecular weight is 513 g/mol. The lowest BCUT2D eigenvalue weighted by atomic mass is 10.1. The van der Waals surface area contributed by atoms with Gasteiger partial charge in [0, 0.05) is 24.5 Å². The van der Waals surface area contributed by atoms with Crippen LogP contribution in [0, 0.1) is 12.7 Å². The Morgan fingerprint density at radius 2 is 2.08 bits per heavy atom. The number of carboxylic acid groups (broad SMARTS) is 1. The molecule has 4 heterocycles. The zero-order valence-electron chi connectivity index (χ0n) is 19.2. The summed E-state index contributed by atoms with van der Waals surface area (Å²) >= 11 is 5.94. The summed E-state index contributed by atoms with van der Waals surface area (Å²) in [6, 6.07) is 5.66. The van der Waals surface area contributed by atoms with E-state index in [1.807, 2.05) is 0 Å². The highest BCUT2D eigenvalue weighted by Gasteiger charge is 2.38. The molecule has 0 spiro atoms. The van der Waals surface area contributed by atoms with Crippen molar-refractivity contribution < 1.29 is 23.8 Å². The molecule has 2 aromatic heterocycles. The number of nitrogens with one attached hydrogen (secondary N) is 2. The summed E-state index contributed by atoms with van der Waals surface area (Å²) in [5.74, 6) is -1.23. The van der Waals surface area contributed by atoms with Crippen molar-refractivity contribution in [2.24, 2.45) is 0 Å². The minimum atomic E-state index is -1.10. The van der Waals surface area contributed by atoms with Crippen LogP contribution in [0.15, 0.2) is 30.6 Å². The Morgan fingerprint density at radius 3 is 2.78 bits per heavy atom. The number of aromatic amines is 1. The van der Waals surface area contributed by atoms with Crippen molar-refractivity contribution in [2.45, 2.75) is 6.92 Å². The van der Waals surface area contributed by atoms with Gasteiger partial charge in [-0.3, -0.25) is 14.6 Å². The molecule has 10 nitrogen and oxygen atoms in total. The van der Waals surface area contributed by atoms with Gasteiger partial charge in [0.05, 0.1) is 36.0 Å². The number of benzene rings is 1. The molecule has 1 fully saturated rings. The monoisotopic (exact) mass is 512 g/mol. The topological polar surface area (TPSA) is 124 Å². The first-order valence-corrected chi connectivity index (χ1v) is 11.5. The Labute approximate surface area is 210 Å². The van der Waals surface area contributed by atoms with Crippen molar-refractivity contribution in [1.82, 2.24) is 19.9 Å². The van der Waals surface area contributed by atoms with Gasteiger partial charge in [0.25, 0.3) is 5.91 Å². The minimum Gasteiger partial charge on any atom is -0.477 e. The Kier molecular flexibility index (Phi) is 6.44. The van der Waals surface area contributed by atoms with E-state index in [0.29, 0.717) is 67.1 Å². The van der Waals surface area contributed by atoms with Crippen molar-refractivity contribution in [3.63, 3.8) is 0 Å². The molecule has 5 rings (SSSR count). The van der Waals surface area contributed by atoms with Crippen molar-refractivity contribution in [3.8, 4) is 0 Å². The summed E-state index contributed by atoms with van der Waals surface area (Å²) in [5.41, 5.74) is 2.37. The number of hydrogen-bond donors (Lipinski definition) is 3. The molecule has 2 aliphatic rings. The van der Waals surface area contributed by atoms with E-state index in [4.69, 9.17) is 16.3 Å². The SMILES string of the molecule is Cc1cc(C(=O)O)[nH]c1/C=C1\C(=O)N(CN2CCOCC2)c2ncnc(Nc3ccc(F)c(Cl)c3)c21. The van der Waals surface area contributed by atoms with Gasteiger partial charge in [-0.15, -0.1) is 0 Å². The van der Waals surface area contributed by atoms with E-state index in [1.54, 1.807) is 17.9 Å². The molecule has 2 aliphatic heterocycles. The highest BCUT2D eigenvalue weighted by atomic mass is 35.5. The van der Waals surface area contributed by atoms with Crippen LogP contribution in [0.5, 0.6) is 0 Å². The van der Waals surface area contributed by atoms with Gasteiger partial charge >= 0.3 is 5.97 Å². The predicted molar refractivity (Wildman–Crippen MR) is 132 cm³/mol. The molecule has 0 saturated carbocycles. The number of anilines is 3. The Balaban J connectivity index is 1.59. The van der Waals surface area contributed by atoms with Crippen LogP contribution in [0.1, 0.15) is 27.3 Å². The number of carbonyl (C=O) groups excluding carboxylic acids is 1. The number of aryl methyl sites for hydroxylation is 1. The van der Waals surface area contributed by atoms with E-state index in [1.165, 1.54) is 30.6 Å². The van der Waals surface area contributed by atoms with E-state index in [9.17, 15) is 19.1 Å². The number of hydrogen-bond acceptors (Lipinski definition) is 7. The van der Waals surface area contributed by atoms with Gasteiger partial charge in [-0.1, -0.05) is 11.6 Å². The van der Waals surface area contributed by atoms with Gasteiger partial charge in [0.1, 0.15) is 29.5 Å². The van der Waals surface area contributed by atoms with Gasteiger partial charge in [-0.2, -0.15) is 0 Å². The number of H-pyrrole nitrogens is 1. The minimum absolute atomic E-state index is 0.0128. The third kappa shape index (κ3) is 4.55. The maximum Gasteiger partial charge on any atom is 0.352 e. The molecule has 12 heteroatoms. The van der Waals surface area contributed by atoms with Gasteiger partial charge in [0.2, 0.25) is 0 Å². The van der Waals surface area contributed by atoms with Gasteiger partial charge in [-0.05, 0) is 42.8 Å². The maximum atomic E-state index is 13.7. The fourth-order valence-electron chi connectivity index (χ4n) is 4.17. The van der Waals surface area contributed by atoms with Gasteiger partial charge < -0.3 is 20.1 Å². The number of carbonyl (C=O) groups is 2. The second-order valence-corrected chi connectivity index (χ2v) is 8.83. The first-order valence-electron chi connectivity index (χ1n) is 11.2. The van der Waals surface area contributed by atoms with E-state index >= 15 is 0 Å². The first-order chi connectivity index (χ1) is 17.3. The zero-order chi connectivity index (χ0) is 25.4. The van der Waals surface area contributed by atoms with Crippen molar-refractivity contribution in [2.75, 3.05) is 43.2 Å². The third-order valence-electron chi connectivity index (χ3n) is 6.03. The normalized spacial score (nSPS) is 17.0. The standard InChI is InChI=1S/C24H22ClFN6O4/c1-13-8-19(24(34)35)30-18(13)10-15-20-21(29-14-2-3-17(26)16(25)9-14)27-11-28-22(20)32(23(15)33)12-31-4-6-36-7-5-31/h2-3,8-11,30H,4-7,12H2,1H3,(H,34,35)(H,27,28,29)/b15-10-.